The third-order valence-electron chi connectivity index (χ3n) is 2.62. The van der Waals surface area contributed by atoms with Crippen LogP contribution in [0.5, 0.6) is 0 Å². The highest BCUT2D eigenvalue weighted by Crippen LogP contribution is 2.25. The van der Waals surface area contributed by atoms with Crippen LogP contribution in [0.4, 0.5) is 0 Å². The van der Waals surface area contributed by atoms with Gasteiger partial charge in [0.05, 0.1) is 12.6 Å². The molecule has 0 aliphatic rings. The first-order valence-electron chi connectivity index (χ1n) is 5.68. The highest BCUT2D eigenvalue weighted by atomic mass is 16.3. The summed E-state index contributed by atoms with van der Waals surface area (Å²) in [6.45, 7) is 0. The zero-order valence-corrected chi connectivity index (χ0v) is 9.91. The summed E-state index contributed by atoms with van der Waals surface area (Å²) in [4.78, 5) is 14.8. The molecule has 19 heavy (non-hydrogen) atoms. The molecular formula is C13H10N4O2. The fourth-order valence-corrected chi connectivity index (χ4v) is 1.76. The quantitative estimate of drug-likeness (QED) is 0.760. The molecule has 0 bridgehead atoms. The predicted octanol–water partition coefficient (Wildman–Crippen LogP) is 1.31. The van der Waals surface area contributed by atoms with Gasteiger partial charge >= 0.3 is 0 Å². The molecule has 6 heteroatoms. The first-order valence-corrected chi connectivity index (χ1v) is 5.68. The number of amides is 1. The number of fused-ring (bicyclic) bond motifs is 1. The molecule has 94 valence electrons. The van der Waals surface area contributed by atoms with Gasteiger partial charge in [-0.1, -0.05) is 18.2 Å². The van der Waals surface area contributed by atoms with Gasteiger partial charge in [-0.25, -0.2) is 4.98 Å². The molecule has 2 aromatic heterocycles. The van der Waals surface area contributed by atoms with Crippen LogP contribution in [0, 0.1) is 0 Å². The normalized spacial score (nSPS) is 10.7. The van der Waals surface area contributed by atoms with Crippen LogP contribution in [0.1, 0.15) is 5.82 Å². The summed E-state index contributed by atoms with van der Waals surface area (Å²) in [6, 6.07) is 9.53. The van der Waals surface area contributed by atoms with Crippen LogP contribution in [0.15, 0.2) is 40.9 Å². The molecule has 0 aliphatic carbocycles. The van der Waals surface area contributed by atoms with Crippen molar-refractivity contribution >= 4 is 16.9 Å². The molecule has 2 N–H and O–H groups in total. The van der Waals surface area contributed by atoms with E-state index in [1.54, 1.807) is 0 Å². The van der Waals surface area contributed by atoms with Gasteiger partial charge in [-0.3, -0.25) is 4.79 Å². The van der Waals surface area contributed by atoms with E-state index in [9.17, 15) is 4.79 Å². The van der Waals surface area contributed by atoms with E-state index < -0.39 is 5.91 Å². The maximum Gasteiger partial charge on any atom is 0.225 e. The van der Waals surface area contributed by atoms with E-state index in [-0.39, 0.29) is 6.42 Å². The lowest BCUT2D eigenvalue weighted by molar-refractivity contribution is -0.117. The van der Waals surface area contributed by atoms with Crippen LogP contribution >= 0.6 is 0 Å². The SMILES string of the molecule is NC(=O)Cc1ncc(-c2cc3ccccc3o2)nn1. The second kappa shape index (κ2) is 4.49. The number of hydrogen-bond acceptors (Lipinski definition) is 5. The van der Waals surface area contributed by atoms with E-state index in [0.717, 1.165) is 11.0 Å². The van der Waals surface area contributed by atoms with Crippen molar-refractivity contribution in [3.8, 4) is 11.5 Å². The molecule has 0 saturated heterocycles. The van der Waals surface area contributed by atoms with E-state index in [1.807, 2.05) is 30.3 Å². The highest BCUT2D eigenvalue weighted by molar-refractivity contribution is 5.81. The Morgan fingerprint density at radius 1 is 1.26 bits per heavy atom. The number of primary amides is 1. The number of carbonyl (C=O) groups is 1. The van der Waals surface area contributed by atoms with Crippen molar-refractivity contribution in [2.75, 3.05) is 0 Å². The van der Waals surface area contributed by atoms with Gasteiger partial charge in [-0.05, 0) is 12.1 Å². The first kappa shape index (κ1) is 11.3. The lowest BCUT2D eigenvalue weighted by Gasteiger charge is -1.96. The highest BCUT2D eigenvalue weighted by Gasteiger charge is 2.09. The number of aromatic nitrogens is 3. The Labute approximate surface area is 108 Å². The Bertz CT molecular complexity index is 701. The average Bonchev–Trinajstić information content (AvgIpc) is 2.82. The fourth-order valence-electron chi connectivity index (χ4n) is 1.76. The van der Waals surface area contributed by atoms with Crippen molar-refractivity contribution in [2.24, 2.45) is 5.73 Å². The maximum absolute atomic E-state index is 10.7. The molecule has 0 spiro atoms. The number of carbonyl (C=O) groups excluding carboxylic acids is 1. The van der Waals surface area contributed by atoms with E-state index in [2.05, 4.69) is 15.2 Å². The molecule has 1 aromatic carbocycles. The molecule has 3 aromatic rings. The Balaban J connectivity index is 1.95. The van der Waals surface area contributed by atoms with Gasteiger partial charge < -0.3 is 10.2 Å². The summed E-state index contributed by atoms with van der Waals surface area (Å²) in [6.07, 6.45) is 1.50. The van der Waals surface area contributed by atoms with Crippen LogP contribution in [0.3, 0.4) is 0 Å². The minimum absolute atomic E-state index is 0.0204. The van der Waals surface area contributed by atoms with Crippen molar-refractivity contribution in [1.82, 2.24) is 15.2 Å². The smallest absolute Gasteiger partial charge is 0.225 e. The maximum atomic E-state index is 10.7. The molecule has 0 unspecified atom stereocenters. The summed E-state index contributed by atoms with van der Waals surface area (Å²) >= 11 is 0. The van der Waals surface area contributed by atoms with Gasteiger partial charge in [0.25, 0.3) is 0 Å². The molecule has 0 atom stereocenters. The van der Waals surface area contributed by atoms with Crippen LogP contribution < -0.4 is 5.73 Å². The topological polar surface area (TPSA) is 94.9 Å². The number of para-hydroxylation sites is 1. The Morgan fingerprint density at radius 2 is 2.11 bits per heavy atom. The number of hydrogen-bond donors (Lipinski definition) is 1. The van der Waals surface area contributed by atoms with Gasteiger partial charge in [0.1, 0.15) is 11.3 Å². The Hall–Kier alpha value is -2.76. The molecule has 3 rings (SSSR count). The van der Waals surface area contributed by atoms with Crippen molar-refractivity contribution < 1.29 is 9.21 Å². The molecule has 0 radical (unpaired) electrons. The summed E-state index contributed by atoms with van der Waals surface area (Å²) < 4.78 is 5.64. The van der Waals surface area contributed by atoms with Crippen molar-refractivity contribution in [2.45, 2.75) is 6.42 Å². The van der Waals surface area contributed by atoms with Crippen molar-refractivity contribution in [3.63, 3.8) is 0 Å². The first-order chi connectivity index (χ1) is 9.22. The molecule has 2 heterocycles. The summed E-state index contributed by atoms with van der Waals surface area (Å²) in [5.41, 5.74) is 6.36. The van der Waals surface area contributed by atoms with Crippen LogP contribution in [0.25, 0.3) is 22.4 Å². The van der Waals surface area contributed by atoms with Crippen molar-refractivity contribution in [3.05, 3.63) is 42.4 Å². The molecule has 1 amide bonds. The summed E-state index contributed by atoms with van der Waals surface area (Å²) in [5.74, 6) is 0.400. The molecular weight excluding hydrogens is 244 g/mol. The van der Waals surface area contributed by atoms with E-state index in [4.69, 9.17) is 10.2 Å². The number of rotatable bonds is 3. The van der Waals surface area contributed by atoms with E-state index >= 15 is 0 Å². The second-order valence-electron chi connectivity index (χ2n) is 4.05. The van der Waals surface area contributed by atoms with Gasteiger partial charge in [0.2, 0.25) is 5.91 Å². The zero-order chi connectivity index (χ0) is 13.2. The van der Waals surface area contributed by atoms with Gasteiger partial charge in [0.15, 0.2) is 11.6 Å². The fraction of sp³-hybridized carbons (Fsp3) is 0.0769. The number of furan rings is 1. The molecule has 0 fully saturated rings. The minimum atomic E-state index is -0.488. The predicted molar refractivity (Wildman–Crippen MR) is 67.9 cm³/mol. The summed E-state index contributed by atoms with van der Waals surface area (Å²) in [5, 5.41) is 8.81. The monoisotopic (exact) mass is 254 g/mol. The van der Waals surface area contributed by atoms with Crippen LogP contribution in [-0.2, 0) is 11.2 Å². The number of nitrogens with zero attached hydrogens (tertiary/aromatic N) is 3. The van der Waals surface area contributed by atoms with Gasteiger partial charge in [0, 0.05) is 5.39 Å². The minimum Gasteiger partial charge on any atom is -0.454 e. The third-order valence-corrected chi connectivity index (χ3v) is 2.62. The average molecular weight is 254 g/mol. The van der Waals surface area contributed by atoms with Crippen molar-refractivity contribution in [1.29, 1.82) is 0 Å². The number of nitrogens with two attached hydrogens (primary N) is 1. The van der Waals surface area contributed by atoms with Gasteiger partial charge in [-0.15, -0.1) is 10.2 Å². The molecule has 0 aliphatic heterocycles. The zero-order valence-electron chi connectivity index (χ0n) is 9.91. The van der Waals surface area contributed by atoms with Crippen LogP contribution in [-0.4, -0.2) is 21.1 Å². The molecule has 0 saturated carbocycles. The Morgan fingerprint density at radius 3 is 2.79 bits per heavy atom. The summed E-state index contributed by atoms with van der Waals surface area (Å²) in [7, 11) is 0. The largest absolute Gasteiger partial charge is 0.454 e. The lowest BCUT2D eigenvalue weighted by Crippen LogP contribution is -2.16. The third kappa shape index (κ3) is 2.28. The van der Waals surface area contributed by atoms with Crippen LogP contribution in [0.2, 0.25) is 0 Å². The molecule has 6 nitrogen and oxygen atoms in total. The number of benzene rings is 1. The van der Waals surface area contributed by atoms with E-state index in [0.29, 0.717) is 17.3 Å². The Kier molecular flexibility index (Phi) is 2.68. The second-order valence-corrected chi connectivity index (χ2v) is 4.05. The van der Waals surface area contributed by atoms with Gasteiger partial charge in [-0.2, -0.15) is 0 Å². The standard InChI is InChI=1S/C13H10N4O2/c14-12(18)6-13-15-7-9(16-17-13)11-5-8-3-1-2-4-10(8)19-11/h1-5,7H,6H2,(H2,14,18). The van der Waals surface area contributed by atoms with E-state index in [1.165, 1.54) is 6.20 Å². The lowest BCUT2D eigenvalue weighted by atomic mass is 10.2.